The van der Waals surface area contributed by atoms with E-state index >= 15 is 0 Å². The zero-order valence-electron chi connectivity index (χ0n) is 14.8. The molecule has 0 atom stereocenters. The maximum absolute atomic E-state index is 6.19. The van der Waals surface area contributed by atoms with Crippen LogP contribution in [0.4, 0.5) is 0 Å². The summed E-state index contributed by atoms with van der Waals surface area (Å²) >= 11 is 7.69. The van der Waals surface area contributed by atoms with E-state index in [4.69, 9.17) is 16.1 Å². The highest BCUT2D eigenvalue weighted by molar-refractivity contribution is 7.98. The lowest BCUT2D eigenvalue weighted by atomic mass is 10.2. The molecular weight excluding hydrogens is 382 g/mol. The van der Waals surface area contributed by atoms with E-state index in [1.165, 1.54) is 17.3 Å². The molecule has 0 saturated carbocycles. The van der Waals surface area contributed by atoms with Crippen molar-refractivity contribution < 1.29 is 4.52 Å². The molecule has 136 valence electrons. The summed E-state index contributed by atoms with van der Waals surface area (Å²) in [5.74, 6) is 2.30. The zero-order valence-corrected chi connectivity index (χ0v) is 16.3. The van der Waals surface area contributed by atoms with E-state index in [2.05, 4.69) is 51.5 Å². The second-order valence-electron chi connectivity index (χ2n) is 5.98. The van der Waals surface area contributed by atoms with E-state index < -0.39 is 0 Å². The van der Waals surface area contributed by atoms with Gasteiger partial charge in [-0.15, -0.1) is 10.2 Å². The Balaban J connectivity index is 1.54. The van der Waals surface area contributed by atoms with Crippen molar-refractivity contribution in [3.63, 3.8) is 0 Å². The van der Waals surface area contributed by atoms with Crippen molar-refractivity contribution in [1.29, 1.82) is 0 Å². The monoisotopic (exact) mass is 397 g/mol. The minimum absolute atomic E-state index is 0.479. The first kappa shape index (κ1) is 17.8. The molecule has 8 heteroatoms. The third-order valence-electron chi connectivity index (χ3n) is 3.99. The fourth-order valence-electron chi connectivity index (χ4n) is 2.62. The van der Waals surface area contributed by atoms with E-state index in [1.54, 1.807) is 6.07 Å². The van der Waals surface area contributed by atoms with Gasteiger partial charge in [0.05, 0.1) is 10.8 Å². The van der Waals surface area contributed by atoms with Gasteiger partial charge in [0, 0.05) is 11.3 Å². The largest absolute Gasteiger partial charge is 0.338 e. The van der Waals surface area contributed by atoms with Gasteiger partial charge in [0.25, 0.3) is 0 Å². The number of halogens is 1. The first-order chi connectivity index (χ1) is 13.1. The van der Waals surface area contributed by atoms with Gasteiger partial charge in [-0.3, -0.25) is 4.57 Å². The third kappa shape index (κ3) is 3.74. The second kappa shape index (κ2) is 7.54. The lowest BCUT2D eigenvalue weighted by molar-refractivity contribution is 0.391. The van der Waals surface area contributed by atoms with Gasteiger partial charge >= 0.3 is 0 Å². The summed E-state index contributed by atoms with van der Waals surface area (Å²) in [4.78, 5) is 4.44. The lowest BCUT2D eigenvalue weighted by Gasteiger charge is -2.07. The molecule has 0 unspecified atom stereocenters. The van der Waals surface area contributed by atoms with Gasteiger partial charge in [0.2, 0.25) is 11.7 Å². The van der Waals surface area contributed by atoms with Crippen LogP contribution in [0.3, 0.4) is 0 Å². The molecule has 0 saturated heterocycles. The van der Waals surface area contributed by atoms with Crippen molar-refractivity contribution in [1.82, 2.24) is 24.9 Å². The minimum atomic E-state index is 0.479. The average Bonchev–Trinajstić information content (AvgIpc) is 3.28. The second-order valence-corrected chi connectivity index (χ2v) is 7.33. The Hall–Kier alpha value is -2.64. The van der Waals surface area contributed by atoms with Crippen molar-refractivity contribution in [2.75, 3.05) is 0 Å². The first-order valence-electron chi connectivity index (χ1n) is 8.31. The highest BCUT2D eigenvalue weighted by Gasteiger charge is 2.15. The number of benzene rings is 2. The van der Waals surface area contributed by atoms with Crippen LogP contribution in [0.25, 0.3) is 17.1 Å². The van der Waals surface area contributed by atoms with E-state index in [0.29, 0.717) is 22.5 Å². The van der Waals surface area contributed by atoms with Crippen molar-refractivity contribution >= 4 is 23.4 Å². The van der Waals surface area contributed by atoms with Crippen LogP contribution < -0.4 is 0 Å². The number of aromatic nitrogens is 5. The van der Waals surface area contributed by atoms with E-state index in [9.17, 15) is 0 Å². The molecule has 0 fully saturated rings. The van der Waals surface area contributed by atoms with Crippen LogP contribution in [-0.2, 0) is 5.75 Å². The fraction of sp³-hybridized carbons (Fsp3) is 0.158. The van der Waals surface area contributed by atoms with Crippen LogP contribution >= 0.6 is 23.4 Å². The smallest absolute Gasteiger partial charge is 0.237 e. The summed E-state index contributed by atoms with van der Waals surface area (Å²) in [5, 5.41) is 13.9. The summed E-state index contributed by atoms with van der Waals surface area (Å²) in [5.41, 5.74) is 2.97. The third-order valence-corrected chi connectivity index (χ3v) is 5.24. The Bertz CT molecular complexity index is 1070. The molecule has 6 nitrogen and oxygen atoms in total. The molecule has 0 spiro atoms. The fourth-order valence-corrected chi connectivity index (χ4v) is 3.67. The normalized spacial score (nSPS) is 11.1. The average molecular weight is 398 g/mol. The predicted molar refractivity (Wildman–Crippen MR) is 105 cm³/mol. The van der Waals surface area contributed by atoms with Crippen molar-refractivity contribution in [2.45, 2.75) is 24.8 Å². The van der Waals surface area contributed by atoms with Crippen LogP contribution in [0.1, 0.15) is 17.3 Å². The van der Waals surface area contributed by atoms with Crippen LogP contribution in [0, 0.1) is 13.8 Å². The molecule has 0 aliphatic rings. The van der Waals surface area contributed by atoms with Crippen LogP contribution in [0.5, 0.6) is 0 Å². The maximum Gasteiger partial charge on any atom is 0.237 e. The molecule has 2 aromatic carbocycles. The molecule has 2 heterocycles. The molecule has 27 heavy (non-hydrogen) atoms. The van der Waals surface area contributed by atoms with Gasteiger partial charge in [0.15, 0.2) is 5.16 Å². The molecule has 2 aromatic heterocycles. The van der Waals surface area contributed by atoms with Gasteiger partial charge in [-0.2, -0.15) is 4.98 Å². The molecule has 0 aliphatic carbocycles. The lowest BCUT2D eigenvalue weighted by Crippen LogP contribution is -1.99. The van der Waals surface area contributed by atoms with Crippen molar-refractivity contribution in [2.24, 2.45) is 0 Å². The molecule has 0 radical (unpaired) electrons. The van der Waals surface area contributed by atoms with Crippen molar-refractivity contribution in [3.05, 3.63) is 70.8 Å². The number of hydrogen-bond donors (Lipinski definition) is 0. The first-order valence-corrected chi connectivity index (χ1v) is 9.67. The zero-order chi connectivity index (χ0) is 18.8. The number of nitrogens with zero attached hydrogens (tertiary/aromatic N) is 5. The highest BCUT2D eigenvalue weighted by Crippen LogP contribution is 2.28. The van der Waals surface area contributed by atoms with E-state index in [-0.39, 0.29) is 0 Å². The maximum atomic E-state index is 6.19. The summed E-state index contributed by atoms with van der Waals surface area (Å²) < 4.78 is 7.38. The van der Waals surface area contributed by atoms with Gasteiger partial charge in [-0.05, 0) is 38.1 Å². The standard InChI is InChI=1S/C19H16ClN5OS/c1-12-7-9-14(10-8-12)25-13(2)22-23-19(25)27-11-17-21-18(24-26-17)15-5-3-4-6-16(15)20/h3-10H,11H2,1-2H3. The Morgan fingerprint density at radius 1 is 1.04 bits per heavy atom. The topological polar surface area (TPSA) is 69.6 Å². The van der Waals surface area contributed by atoms with Gasteiger partial charge < -0.3 is 4.52 Å². The summed E-state index contributed by atoms with van der Waals surface area (Å²) in [6.45, 7) is 3.99. The van der Waals surface area contributed by atoms with Gasteiger partial charge in [0.1, 0.15) is 5.82 Å². The number of aryl methyl sites for hydroxylation is 2. The molecule has 0 bridgehead atoms. The molecule has 4 rings (SSSR count). The van der Waals surface area contributed by atoms with E-state index in [1.807, 2.05) is 29.7 Å². The predicted octanol–water partition coefficient (Wildman–Crippen LogP) is 4.88. The Morgan fingerprint density at radius 2 is 1.81 bits per heavy atom. The Kier molecular flexibility index (Phi) is 4.96. The van der Waals surface area contributed by atoms with Gasteiger partial charge in [-0.25, -0.2) is 0 Å². The quantitative estimate of drug-likeness (QED) is 0.447. The minimum Gasteiger partial charge on any atom is -0.338 e. The van der Waals surface area contributed by atoms with Crippen LogP contribution in [-0.4, -0.2) is 24.9 Å². The number of hydrogen-bond acceptors (Lipinski definition) is 6. The summed E-state index contributed by atoms with van der Waals surface area (Å²) in [6.07, 6.45) is 0. The van der Waals surface area contributed by atoms with Crippen LogP contribution in [0.2, 0.25) is 5.02 Å². The number of rotatable bonds is 5. The molecular formula is C19H16ClN5OS. The highest BCUT2D eigenvalue weighted by atomic mass is 35.5. The SMILES string of the molecule is Cc1ccc(-n2c(C)nnc2SCc2nc(-c3ccccc3Cl)no2)cc1. The van der Waals surface area contributed by atoms with Crippen LogP contribution in [0.15, 0.2) is 58.2 Å². The number of thioether (sulfide) groups is 1. The molecule has 0 aliphatic heterocycles. The molecule has 0 N–H and O–H groups in total. The van der Waals surface area contributed by atoms with Crippen molar-refractivity contribution in [3.8, 4) is 17.1 Å². The molecule has 0 amide bonds. The van der Waals surface area contributed by atoms with E-state index in [0.717, 1.165) is 22.2 Å². The Labute approximate surface area is 165 Å². The van der Waals surface area contributed by atoms with Gasteiger partial charge in [-0.1, -0.05) is 58.3 Å². The molecule has 4 aromatic rings. The summed E-state index contributed by atoms with van der Waals surface area (Å²) in [6, 6.07) is 15.7. The summed E-state index contributed by atoms with van der Waals surface area (Å²) in [7, 11) is 0. The Morgan fingerprint density at radius 3 is 2.59 bits per heavy atom.